The number of esters is 1. The molecule has 3 aromatic rings. The fourth-order valence-corrected chi connectivity index (χ4v) is 4.24. The SMILES string of the molecule is COc1cccc(COC(=O)c2cccc(S(=O)(=O)NCc3cccs3)c2)c1. The van der Waals surface area contributed by atoms with Gasteiger partial charge in [-0.2, -0.15) is 0 Å². The fraction of sp³-hybridized carbons (Fsp3) is 0.150. The van der Waals surface area contributed by atoms with Crippen LogP contribution in [-0.4, -0.2) is 21.5 Å². The first kappa shape index (κ1) is 20.1. The number of ether oxygens (including phenoxy) is 2. The number of methoxy groups -OCH3 is 1. The van der Waals surface area contributed by atoms with E-state index in [4.69, 9.17) is 9.47 Å². The van der Waals surface area contributed by atoms with Crippen molar-refractivity contribution < 1.29 is 22.7 Å². The van der Waals surface area contributed by atoms with Gasteiger partial charge in [-0.25, -0.2) is 17.9 Å². The van der Waals surface area contributed by atoms with E-state index in [1.807, 2.05) is 23.6 Å². The predicted molar refractivity (Wildman–Crippen MR) is 107 cm³/mol. The molecule has 0 spiro atoms. The minimum Gasteiger partial charge on any atom is -0.497 e. The van der Waals surface area contributed by atoms with Gasteiger partial charge in [0.2, 0.25) is 10.0 Å². The number of thiophene rings is 1. The largest absolute Gasteiger partial charge is 0.497 e. The molecule has 0 bridgehead atoms. The smallest absolute Gasteiger partial charge is 0.338 e. The van der Waals surface area contributed by atoms with Gasteiger partial charge in [0.25, 0.3) is 0 Å². The van der Waals surface area contributed by atoms with Crippen LogP contribution in [0.25, 0.3) is 0 Å². The molecule has 0 radical (unpaired) electrons. The zero-order valence-electron chi connectivity index (χ0n) is 15.1. The van der Waals surface area contributed by atoms with E-state index in [-0.39, 0.29) is 23.6 Å². The summed E-state index contributed by atoms with van der Waals surface area (Å²) in [4.78, 5) is 13.2. The van der Waals surface area contributed by atoms with Gasteiger partial charge in [-0.05, 0) is 47.3 Å². The summed E-state index contributed by atoms with van der Waals surface area (Å²) in [7, 11) is -2.18. The molecule has 146 valence electrons. The average Bonchev–Trinajstić information content (AvgIpc) is 3.24. The van der Waals surface area contributed by atoms with E-state index < -0.39 is 16.0 Å². The molecular formula is C20H19NO5S2. The molecule has 28 heavy (non-hydrogen) atoms. The van der Waals surface area contributed by atoms with Crippen molar-refractivity contribution in [3.8, 4) is 5.75 Å². The highest BCUT2D eigenvalue weighted by Gasteiger charge is 2.17. The number of carbonyl (C=O) groups excluding carboxylic acids is 1. The molecule has 2 aromatic carbocycles. The van der Waals surface area contributed by atoms with Gasteiger partial charge >= 0.3 is 5.97 Å². The standard InChI is InChI=1S/C20H19NO5S2/c1-25-17-7-2-5-15(11-17)14-26-20(22)16-6-3-9-19(12-16)28(23,24)21-13-18-8-4-10-27-18/h2-12,21H,13-14H2,1H3. The molecule has 0 saturated heterocycles. The van der Waals surface area contributed by atoms with Gasteiger partial charge in [0.15, 0.2) is 0 Å². The fourth-order valence-electron chi connectivity index (χ4n) is 2.45. The molecule has 0 atom stereocenters. The molecule has 6 nitrogen and oxygen atoms in total. The zero-order valence-corrected chi connectivity index (χ0v) is 16.8. The quantitative estimate of drug-likeness (QED) is 0.567. The second-order valence-corrected chi connectivity index (χ2v) is 8.66. The highest BCUT2D eigenvalue weighted by molar-refractivity contribution is 7.89. The number of rotatable bonds is 8. The predicted octanol–water partition coefficient (Wildman–Crippen LogP) is 3.59. The van der Waals surface area contributed by atoms with Gasteiger partial charge in [-0.15, -0.1) is 11.3 Å². The average molecular weight is 418 g/mol. The maximum atomic E-state index is 12.5. The Morgan fingerprint density at radius 1 is 1.07 bits per heavy atom. The van der Waals surface area contributed by atoms with Crippen LogP contribution in [0, 0.1) is 0 Å². The van der Waals surface area contributed by atoms with Gasteiger partial charge < -0.3 is 9.47 Å². The van der Waals surface area contributed by atoms with Crippen molar-refractivity contribution in [2.75, 3.05) is 7.11 Å². The first-order valence-corrected chi connectivity index (χ1v) is 10.8. The molecule has 0 aliphatic carbocycles. The summed E-state index contributed by atoms with van der Waals surface area (Å²) in [6.07, 6.45) is 0. The number of carbonyl (C=O) groups is 1. The normalized spacial score (nSPS) is 11.2. The molecule has 8 heteroatoms. The van der Waals surface area contributed by atoms with Crippen molar-refractivity contribution in [3.63, 3.8) is 0 Å². The van der Waals surface area contributed by atoms with Crippen molar-refractivity contribution in [1.29, 1.82) is 0 Å². The molecule has 0 aliphatic heterocycles. The van der Waals surface area contributed by atoms with Crippen LogP contribution in [0.2, 0.25) is 0 Å². The van der Waals surface area contributed by atoms with Gasteiger partial charge in [-0.1, -0.05) is 24.3 Å². The Balaban J connectivity index is 1.66. The van der Waals surface area contributed by atoms with E-state index in [2.05, 4.69) is 4.72 Å². The topological polar surface area (TPSA) is 81.7 Å². The first-order chi connectivity index (χ1) is 13.5. The number of benzene rings is 2. The van der Waals surface area contributed by atoms with Crippen LogP contribution in [0.5, 0.6) is 5.75 Å². The highest BCUT2D eigenvalue weighted by Crippen LogP contribution is 2.17. The minimum absolute atomic E-state index is 0.0138. The second kappa shape index (κ2) is 9.01. The van der Waals surface area contributed by atoms with Crippen LogP contribution < -0.4 is 9.46 Å². The lowest BCUT2D eigenvalue weighted by molar-refractivity contribution is 0.0472. The Morgan fingerprint density at radius 2 is 1.89 bits per heavy atom. The molecule has 0 fully saturated rings. The van der Waals surface area contributed by atoms with Gasteiger partial charge in [-0.3, -0.25) is 0 Å². The van der Waals surface area contributed by atoms with E-state index in [0.29, 0.717) is 5.75 Å². The third kappa shape index (κ3) is 5.19. The van der Waals surface area contributed by atoms with Crippen LogP contribution in [0.4, 0.5) is 0 Å². The van der Waals surface area contributed by atoms with Crippen molar-refractivity contribution in [2.24, 2.45) is 0 Å². The van der Waals surface area contributed by atoms with Crippen LogP contribution in [-0.2, 0) is 27.9 Å². The van der Waals surface area contributed by atoms with Crippen molar-refractivity contribution in [3.05, 3.63) is 82.0 Å². The molecule has 1 aromatic heterocycles. The number of hydrogen-bond acceptors (Lipinski definition) is 6. The van der Waals surface area contributed by atoms with Gasteiger partial charge in [0.05, 0.1) is 17.6 Å². The first-order valence-electron chi connectivity index (χ1n) is 8.40. The summed E-state index contributed by atoms with van der Waals surface area (Å²) in [5.41, 5.74) is 0.941. The summed E-state index contributed by atoms with van der Waals surface area (Å²) in [6.45, 7) is 0.258. The Labute approximate surface area is 167 Å². The Morgan fingerprint density at radius 3 is 2.64 bits per heavy atom. The van der Waals surface area contributed by atoms with Gasteiger partial charge in [0, 0.05) is 11.4 Å². The Bertz CT molecular complexity index is 1050. The molecule has 0 saturated carbocycles. The van der Waals surface area contributed by atoms with Gasteiger partial charge in [0.1, 0.15) is 12.4 Å². The molecule has 1 N–H and O–H groups in total. The highest BCUT2D eigenvalue weighted by atomic mass is 32.2. The molecule has 0 unspecified atom stereocenters. The number of nitrogens with one attached hydrogen (secondary N) is 1. The summed E-state index contributed by atoms with van der Waals surface area (Å²) in [5.74, 6) is 0.0663. The minimum atomic E-state index is -3.74. The van der Waals surface area contributed by atoms with Crippen molar-refractivity contribution in [2.45, 2.75) is 18.0 Å². The molecule has 0 amide bonds. The maximum absolute atomic E-state index is 12.5. The monoisotopic (exact) mass is 417 g/mol. The summed E-state index contributed by atoms with van der Waals surface area (Å²) >= 11 is 1.46. The van der Waals surface area contributed by atoms with Crippen LogP contribution >= 0.6 is 11.3 Å². The summed E-state index contributed by atoms with van der Waals surface area (Å²) < 4.78 is 37.9. The molecular weight excluding hydrogens is 398 g/mol. The van der Waals surface area contributed by atoms with E-state index in [1.165, 1.54) is 35.6 Å². The summed E-state index contributed by atoms with van der Waals surface area (Å²) in [5, 5.41) is 1.88. The van der Waals surface area contributed by atoms with Crippen molar-refractivity contribution in [1.82, 2.24) is 4.72 Å². The van der Waals surface area contributed by atoms with Crippen LogP contribution in [0.3, 0.4) is 0 Å². The Kier molecular flexibility index (Phi) is 6.45. The lowest BCUT2D eigenvalue weighted by Crippen LogP contribution is -2.23. The zero-order chi connectivity index (χ0) is 20.0. The Hall–Kier alpha value is -2.68. The third-order valence-electron chi connectivity index (χ3n) is 3.90. The lowest BCUT2D eigenvalue weighted by Gasteiger charge is -2.09. The number of hydrogen-bond donors (Lipinski definition) is 1. The van der Waals surface area contributed by atoms with E-state index in [1.54, 1.807) is 25.3 Å². The molecule has 0 aliphatic rings. The maximum Gasteiger partial charge on any atom is 0.338 e. The van der Waals surface area contributed by atoms with E-state index >= 15 is 0 Å². The second-order valence-electron chi connectivity index (χ2n) is 5.86. The summed E-state index contributed by atoms with van der Waals surface area (Å²) in [6, 6.07) is 16.7. The lowest BCUT2D eigenvalue weighted by atomic mass is 10.2. The van der Waals surface area contributed by atoms with Crippen LogP contribution in [0.1, 0.15) is 20.8 Å². The number of sulfonamides is 1. The van der Waals surface area contributed by atoms with Crippen LogP contribution in [0.15, 0.2) is 70.9 Å². The molecule has 1 heterocycles. The third-order valence-corrected chi connectivity index (χ3v) is 6.18. The van der Waals surface area contributed by atoms with E-state index in [0.717, 1.165) is 10.4 Å². The van der Waals surface area contributed by atoms with Crippen molar-refractivity contribution >= 4 is 27.3 Å². The molecule has 3 rings (SSSR count). The van der Waals surface area contributed by atoms with E-state index in [9.17, 15) is 13.2 Å².